The minimum Gasteiger partial charge on any atom is -0.381 e. The zero-order valence-electron chi connectivity index (χ0n) is 11.6. The first-order valence-corrected chi connectivity index (χ1v) is 7.15. The van der Waals surface area contributed by atoms with E-state index in [0.717, 1.165) is 23.9 Å². The van der Waals surface area contributed by atoms with Crippen molar-refractivity contribution in [1.29, 1.82) is 0 Å². The molecule has 4 heteroatoms. The van der Waals surface area contributed by atoms with Gasteiger partial charge in [0, 0.05) is 6.04 Å². The van der Waals surface area contributed by atoms with Crippen molar-refractivity contribution in [3.05, 3.63) is 59.7 Å². The molecule has 0 atom stereocenters. The number of fused-ring (bicyclic) bond motifs is 2. The van der Waals surface area contributed by atoms with Crippen LogP contribution in [0.5, 0.6) is 0 Å². The number of hydrogen-bond acceptors (Lipinski definition) is 4. The Morgan fingerprint density at radius 1 is 0.857 bits per heavy atom. The first kappa shape index (κ1) is 12.1. The maximum Gasteiger partial charge on any atom is 0.169 e. The summed E-state index contributed by atoms with van der Waals surface area (Å²) < 4.78 is 0. The van der Waals surface area contributed by atoms with Crippen molar-refractivity contribution in [2.75, 3.05) is 11.1 Å². The Morgan fingerprint density at radius 2 is 1.43 bits per heavy atom. The lowest BCUT2D eigenvalue weighted by atomic mass is 10.1. The second-order valence-corrected chi connectivity index (χ2v) is 5.46. The van der Waals surface area contributed by atoms with E-state index in [2.05, 4.69) is 39.6 Å². The van der Waals surface area contributed by atoms with Crippen LogP contribution in [0.15, 0.2) is 48.5 Å². The van der Waals surface area contributed by atoms with Gasteiger partial charge in [0.2, 0.25) is 0 Å². The van der Waals surface area contributed by atoms with Crippen LogP contribution < -0.4 is 11.1 Å². The van der Waals surface area contributed by atoms with Crippen molar-refractivity contribution < 1.29 is 0 Å². The van der Waals surface area contributed by atoms with E-state index in [-0.39, 0.29) is 0 Å². The first-order chi connectivity index (χ1) is 10.3. The quantitative estimate of drug-likeness (QED) is 0.755. The molecule has 2 aromatic carbocycles. The van der Waals surface area contributed by atoms with E-state index >= 15 is 0 Å². The fourth-order valence-electron chi connectivity index (χ4n) is 2.97. The van der Waals surface area contributed by atoms with Gasteiger partial charge in [-0.1, -0.05) is 36.4 Å². The van der Waals surface area contributed by atoms with E-state index < -0.39 is 0 Å². The number of nitrogen functional groups attached to an aromatic ring is 1. The van der Waals surface area contributed by atoms with Crippen molar-refractivity contribution in [1.82, 2.24) is 9.97 Å². The monoisotopic (exact) mass is 276 g/mol. The highest BCUT2D eigenvalue weighted by Gasteiger charge is 2.22. The lowest BCUT2D eigenvalue weighted by molar-refractivity contribution is 0.769. The van der Waals surface area contributed by atoms with Crippen molar-refractivity contribution in [3.8, 4) is 0 Å². The molecule has 4 nitrogen and oxygen atoms in total. The molecule has 1 aliphatic carbocycles. The minimum atomic E-state index is 0.333. The molecule has 0 bridgehead atoms. The molecular weight excluding hydrogens is 260 g/mol. The molecule has 4 rings (SSSR count). The van der Waals surface area contributed by atoms with E-state index in [1.807, 2.05) is 24.3 Å². The van der Waals surface area contributed by atoms with Crippen LogP contribution in [0.1, 0.15) is 11.1 Å². The highest BCUT2D eigenvalue weighted by molar-refractivity contribution is 5.79. The fraction of sp³-hybridized carbons (Fsp3) is 0.176. The van der Waals surface area contributed by atoms with Gasteiger partial charge >= 0.3 is 0 Å². The highest BCUT2D eigenvalue weighted by Crippen LogP contribution is 2.26. The second-order valence-electron chi connectivity index (χ2n) is 5.46. The largest absolute Gasteiger partial charge is 0.381 e. The van der Waals surface area contributed by atoms with E-state index in [1.165, 1.54) is 11.1 Å². The van der Waals surface area contributed by atoms with Gasteiger partial charge < -0.3 is 11.1 Å². The number of anilines is 2. The lowest BCUT2D eigenvalue weighted by Gasteiger charge is -2.14. The summed E-state index contributed by atoms with van der Waals surface area (Å²) in [5.41, 5.74) is 10.5. The third-order valence-corrected chi connectivity index (χ3v) is 3.99. The van der Waals surface area contributed by atoms with Crippen molar-refractivity contribution >= 4 is 22.7 Å². The maximum atomic E-state index is 6.03. The van der Waals surface area contributed by atoms with E-state index in [4.69, 9.17) is 5.73 Å². The third-order valence-electron chi connectivity index (χ3n) is 3.99. The number of nitrogens with one attached hydrogen (secondary N) is 1. The molecule has 0 saturated heterocycles. The van der Waals surface area contributed by atoms with Crippen LogP contribution in [-0.2, 0) is 12.8 Å². The summed E-state index contributed by atoms with van der Waals surface area (Å²) in [6.07, 6.45) is 2.01. The van der Waals surface area contributed by atoms with Gasteiger partial charge in [-0.2, -0.15) is 0 Å². The average Bonchev–Trinajstić information content (AvgIpc) is 2.90. The average molecular weight is 276 g/mol. The number of para-hydroxylation sites is 2. The molecule has 3 N–H and O–H groups in total. The number of benzene rings is 2. The van der Waals surface area contributed by atoms with Gasteiger partial charge in [-0.25, -0.2) is 9.97 Å². The number of aromatic nitrogens is 2. The highest BCUT2D eigenvalue weighted by atomic mass is 15.1. The third kappa shape index (κ3) is 2.18. The molecule has 1 aromatic heterocycles. The van der Waals surface area contributed by atoms with Gasteiger partial charge in [-0.15, -0.1) is 0 Å². The van der Waals surface area contributed by atoms with Crippen molar-refractivity contribution in [3.63, 3.8) is 0 Å². The molecule has 0 radical (unpaired) electrons. The van der Waals surface area contributed by atoms with Gasteiger partial charge in [0.1, 0.15) is 0 Å². The Kier molecular flexibility index (Phi) is 2.74. The molecule has 104 valence electrons. The predicted octanol–water partition coefficient (Wildman–Crippen LogP) is 2.79. The smallest absolute Gasteiger partial charge is 0.169 e. The zero-order chi connectivity index (χ0) is 14.2. The normalized spacial score (nSPS) is 14.3. The van der Waals surface area contributed by atoms with Gasteiger partial charge in [0.05, 0.1) is 11.0 Å². The number of rotatable bonds is 2. The van der Waals surface area contributed by atoms with Crippen LogP contribution in [0.3, 0.4) is 0 Å². The molecule has 0 aliphatic heterocycles. The Bertz CT molecular complexity index is 788. The first-order valence-electron chi connectivity index (χ1n) is 7.15. The summed E-state index contributed by atoms with van der Waals surface area (Å²) in [6, 6.07) is 16.7. The summed E-state index contributed by atoms with van der Waals surface area (Å²) in [6.45, 7) is 0. The molecule has 1 aliphatic rings. The number of nitrogens with two attached hydrogens (primary N) is 1. The van der Waals surface area contributed by atoms with E-state index in [0.29, 0.717) is 17.7 Å². The Balaban J connectivity index is 1.62. The van der Waals surface area contributed by atoms with Gasteiger partial charge in [-0.3, -0.25) is 0 Å². The lowest BCUT2D eigenvalue weighted by Crippen LogP contribution is -2.21. The van der Waals surface area contributed by atoms with Crippen LogP contribution in [0, 0.1) is 0 Å². The summed E-state index contributed by atoms with van der Waals surface area (Å²) >= 11 is 0. The summed E-state index contributed by atoms with van der Waals surface area (Å²) in [4.78, 5) is 9.02. The van der Waals surface area contributed by atoms with Crippen LogP contribution in [0.25, 0.3) is 11.0 Å². The maximum absolute atomic E-state index is 6.03. The molecule has 0 saturated carbocycles. The molecule has 0 fully saturated rings. The van der Waals surface area contributed by atoms with E-state index in [9.17, 15) is 0 Å². The van der Waals surface area contributed by atoms with Crippen LogP contribution in [-0.4, -0.2) is 16.0 Å². The van der Waals surface area contributed by atoms with Crippen molar-refractivity contribution in [2.45, 2.75) is 18.9 Å². The predicted molar refractivity (Wildman–Crippen MR) is 85.2 cm³/mol. The molecule has 0 unspecified atom stereocenters. The minimum absolute atomic E-state index is 0.333. The molecule has 1 heterocycles. The molecule has 0 amide bonds. The van der Waals surface area contributed by atoms with Crippen LogP contribution >= 0.6 is 0 Å². The Labute approximate surface area is 123 Å². The standard InChI is InChI=1S/C17H16N4/c18-16-17(21-15-8-4-3-7-14(15)20-16)19-13-9-11-5-1-2-6-12(11)10-13/h1-8,13H,9-10H2,(H2,18,20)(H,19,21). The molecule has 0 spiro atoms. The molecular formula is C17H16N4. The second kappa shape index (κ2) is 4.74. The van der Waals surface area contributed by atoms with E-state index in [1.54, 1.807) is 0 Å². The SMILES string of the molecule is Nc1nc2ccccc2nc1NC1Cc2ccccc2C1. The molecule has 3 aromatic rings. The van der Waals surface area contributed by atoms with Crippen molar-refractivity contribution in [2.24, 2.45) is 0 Å². The molecule has 21 heavy (non-hydrogen) atoms. The topological polar surface area (TPSA) is 63.8 Å². The van der Waals surface area contributed by atoms with Gasteiger partial charge in [0.15, 0.2) is 11.6 Å². The zero-order valence-corrected chi connectivity index (χ0v) is 11.6. The van der Waals surface area contributed by atoms with Crippen LogP contribution in [0.2, 0.25) is 0 Å². The summed E-state index contributed by atoms with van der Waals surface area (Å²) in [5.74, 6) is 1.15. The van der Waals surface area contributed by atoms with Crippen LogP contribution in [0.4, 0.5) is 11.6 Å². The Hall–Kier alpha value is -2.62. The summed E-state index contributed by atoms with van der Waals surface area (Å²) in [7, 11) is 0. The van der Waals surface area contributed by atoms with Gasteiger partial charge in [-0.05, 0) is 36.1 Å². The van der Waals surface area contributed by atoms with Gasteiger partial charge in [0.25, 0.3) is 0 Å². The fourth-order valence-corrected chi connectivity index (χ4v) is 2.97. The summed E-state index contributed by atoms with van der Waals surface area (Å²) in [5, 5.41) is 3.45. The Morgan fingerprint density at radius 3 is 2.10 bits per heavy atom. The number of hydrogen-bond donors (Lipinski definition) is 2. The number of nitrogens with zero attached hydrogens (tertiary/aromatic N) is 2.